The number of carbonyl (C=O) groups is 1. The Morgan fingerprint density at radius 2 is 2.04 bits per heavy atom. The Labute approximate surface area is 140 Å². The SMILES string of the molecule is CCCC1CCCN(C(=O)NCc2ccccc2COC)CC1. The van der Waals surface area contributed by atoms with Crippen LogP contribution in [0.3, 0.4) is 0 Å². The first kappa shape index (κ1) is 17.8. The quantitative estimate of drug-likeness (QED) is 0.863. The van der Waals surface area contributed by atoms with Crippen molar-refractivity contribution in [2.24, 2.45) is 5.92 Å². The van der Waals surface area contributed by atoms with E-state index in [1.165, 1.54) is 19.3 Å². The molecule has 1 unspecified atom stereocenters. The van der Waals surface area contributed by atoms with Crippen LogP contribution in [-0.4, -0.2) is 31.1 Å². The molecular formula is C19H30N2O2. The molecule has 0 saturated carbocycles. The van der Waals surface area contributed by atoms with Gasteiger partial charge in [-0.25, -0.2) is 4.79 Å². The van der Waals surface area contributed by atoms with Crippen molar-refractivity contribution >= 4 is 6.03 Å². The third kappa shape index (κ3) is 5.54. The molecule has 1 N–H and O–H groups in total. The van der Waals surface area contributed by atoms with Gasteiger partial charge in [0.05, 0.1) is 6.61 Å². The summed E-state index contributed by atoms with van der Waals surface area (Å²) in [6, 6.07) is 8.17. The number of nitrogens with one attached hydrogen (secondary N) is 1. The van der Waals surface area contributed by atoms with Gasteiger partial charge in [0.15, 0.2) is 0 Å². The molecule has 0 spiro atoms. The number of hydrogen-bond acceptors (Lipinski definition) is 2. The minimum atomic E-state index is 0.0642. The Balaban J connectivity index is 1.85. The highest BCUT2D eigenvalue weighted by atomic mass is 16.5. The number of rotatable bonds is 6. The number of likely N-dealkylation sites (tertiary alicyclic amines) is 1. The minimum absolute atomic E-state index is 0.0642. The van der Waals surface area contributed by atoms with Crippen molar-refractivity contribution in [2.75, 3.05) is 20.2 Å². The predicted octanol–water partition coefficient (Wildman–Crippen LogP) is 3.94. The van der Waals surface area contributed by atoms with E-state index < -0.39 is 0 Å². The number of ether oxygens (including phenoxy) is 1. The molecule has 1 aromatic carbocycles. The van der Waals surface area contributed by atoms with Crippen LogP contribution in [0.15, 0.2) is 24.3 Å². The Bertz CT molecular complexity index is 490. The van der Waals surface area contributed by atoms with E-state index in [4.69, 9.17) is 4.74 Å². The molecule has 0 aliphatic carbocycles. The second-order valence-corrected chi connectivity index (χ2v) is 6.43. The van der Waals surface area contributed by atoms with Crippen molar-refractivity contribution in [1.82, 2.24) is 10.2 Å². The molecule has 2 rings (SSSR count). The van der Waals surface area contributed by atoms with Crippen LogP contribution in [0.25, 0.3) is 0 Å². The van der Waals surface area contributed by atoms with Gasteiger partial charge >= 0.3 is 6.03 Å². The summed E-state index contributed by atoms with van der Waals surface area (Å²) in [6.45, 7) is 5.15. The van der Waals surface area contributed by atoms with Gasteiger partial charge in [0.25, 0.3) is 0 Å². The van der Waals surface area contributed by atoms with Crippen LogP contribution in [0.5, 0.6) is 0 Å². The Hall–Kier alpha value is -1.55. The molecule has 0 radical (unpaired) electrons. The molecule has 128 valence electrons. The second kappa shape index (κ2) is 9.56. The fourth-order valence-corrected chi connectivity index (χ4v) is 3.37. The zero-order chi connectivity index (χ0) is 16.5. The molecule has 1 heterocycles. The Morgan fingerprint density at radius 3 is 2.78 bits per heavy atom. The monoisotopic (exact) mass is 318 g/mol. The lowest BCUT2D eigenvalue weighted by Gasteiger charge is -2.21. The van der Waals surface area contributed by atoms with Crippen molar-refractivity contribution in [2.45, 2.75) is 52.2 Å². The number of amides is 2. The van der Waals surface area contributed by atoms with Gasteiger partial charge in [0.2, 0.25) is 0 Å². The van der Waals surface area contributed by atoms with Gasteiger partial charge in [0.1, 0.15) is 0 Å². The third-order valence-electron chi connectivity index (χ3n) is 4.68. The van der Waals surface area contributed by atoms with Crippen LogP contribution in [0.4, 0.5) is 4.79 Å². The Kier molecular flexibility index (Phi) is 7.40. The average Bonchev–Trinajstić information content (AvgIpc) is 2.80. The van der Waals surface area contributed by atoms with Crippen molar-refractivity contribution in [3.05, 3.63) is 35.4 Å². The summed E-state index contributed by atoms with van der Waals surface area (Å²) in [5, 5.41) is 3.07. The molecule has 1 aliphatic rings. The first-order valence-corrected chi connectivity index (χ1v) is 8.83. The molecule has 2 amide bonds. The van der Waals surface area contributed by atoms with Gasteiger partial charge in [-0.3, -0.25) is 0 Å². The topological polar surface area (TPSA) is 41.6 Å². The van der Waals surface area contributed by atoms with Crippen LogP contribution < -0.4 is 5.32 Å². The summed E-state index contributed by atoms with van der Waals surface area (Å²) in [6.07, 6.45) is 6.06. The van der Waals surface area contributed by atoms with E-state index >= 15 is 0 Å². The smallest absolute Gasteiger partial charge is 0.317 e. The molecule has 23 heavy (non-hydrogen) atoms. The van der Waals surface area contributed by atoms with E-state index in [-0.39, 0.29) is 6.03 Å². The van der Waals surface area contributed by atoms with E-state index in [1.807, 2.05) is 29.2 Å². The number of nitrogens with zero attached hydrogens (tertiary/aromatic N) is 1. The lowest BCUT2D eigenvalue weighted by Crippen LogP contribution is -2.40. The molecule has 4 heteroatoms. The normalized spacial score (nSPS) is 18.5. The van der Waals surface area contributed by atoms with Gasteiger partial charge in [-0.15, -0.1) is 0 Å². The summed E-state index contributed by atoms with van der Waals surface area (Å²) < 4.78 is 5.22. The molecule has 1 saturated heterocycles. The highest BCUT2D eigenvalue weighted by molar-refractivity contribution is 5.74. The maximum absolute atomic E-state index is 12.4. The van der Waals surface area contributed by atoms with E-state index in [2.05, 4.69) is 12.2 Å². The average molecular weight is 318 g/mol. The zero-order valence-corrected chi connectivity index (χ0v) is 14.5. The van der Waals surface area contributed by atoms with Crippen molar-refractivity contribution in [3.63, 3.8) is 0 Å². The van der Waals surface area contributed by atoms with E-state index in [9.17, 15) is 4.79 Å². The summed E-state index contributed by atoms with van der Waals surface area (Å²) in [5.74, 6) is 0.792. The van der Waals surface area contributed by atoms with Crippen LogP contribution in [0, 0.1) is 5.92 Å². The fraction of sp³-hybridized carbons (Fsp3) is 0.632. The molecule has 0 bridgehead atoms. The van der Waals surface area contributed by atoms with Gasteiger partial charge in [-0.05, 0) is 36.3 Å². The maximum Gasteiger partial charge on any atom is 0.317 e. The molecule has 4 nitrogen and oxygen atoms in total. The summed E-state index contributed by atoms with van der Waals surface area (Å²) in [7, 11) is 1.69. The lowest BCUT2D eigenvalue weighted by molar-refractivity contribution is 0.183. The largest absolute Gasteiger partial charge is 0.380 e. The lowest BCUT2D eigenvalue weighted by atomic mass is 9.96. The first-order chi connectivity index (χ1) is 11.2. The molecular weight excluding hydrogens is 288 g/mol. The minimum Gasteiger partial charge on any atom is -0.380 e. The molecule has 1 aromatic rings. The number of urea groups is 1. The van der Waals surface area contributed by atoms with E-state index in [0.717, 1.165) is 43.0 Å². The predicted molar refractivity (Wildman–Crippen MR) is 93.2 cm³/mol. The fourth-order valence-electron chi connectivity index (χ4n) is 3.37. The maximum atomic E-state index is 12.4. The van der Waals surface area contributed by atoms with Gasteiger partial charge in [-0.1, -0.05) is 44.0 Å². The number of carbonyl (C=O) groups excluding carboxylic acids is 1. The Morgan fingerprint density at radius 1 is 1.26 bits per heavy atom. The van der Waals surface area contributed by atoms with Crippen LogP contribution in [0.2, 0.25) is 0 Å². The molecule has 1 atom stereocenters. The standard InChI is InChI=1S/C19H30N2O2/c1-3-7-16-8-6-12-21(13-11-16)19(22)20-14-17-9-4-5-10-18(17)15-23-2/h4-5,9-10,16H,3,6-8,11-15H2,1-2H3,(H,20,22). The highest BCUT2D eigenvalue weighted by Crippen LogP contribution is 2.22. The third-order valence-corrected chi connectivity index (χ3v) is 4.68. The molecule has 1 fully saturated rings. The summed E-state index contributed by atoms with van der Waals surface area (Å²) >= 11 is 0. The number of hydrogen-bond donors (Lipinski definition) is 1. The summed E-state index contributed by atoms with van der Waals surface area (Å²) in [4.78, 5) is 14.4. The van der Waals surface area contributed by atoms with Gasteiger partial charge < -0.3 is 15.0 Å². The van der Waals surface area contributed by atoms with Crippen molar-refractivity contribution < 1.29 is 9.53 Å². The zero-order valence-electron chi connectivity index (χ0n) is 14.5. The first-order valence-electron chi connectivity index (χ1n) is 8.83. The number of benzene rings is 1. The second-order valence-electron chi connectivity index (χ2n) is 6.43. The van der Waals surface area contributed by atoms with Gasteiger partial charge in [0, 0.05) is 26.7 Å². The summed E-state index contributed by atoms with van der Waals surface area (Å²) in [5.41, 5.74) is 2.26. The van der Waals surface area contributed by atoms with E-state index in [1.54, 1.807) is 7.11 Å². The van der Waals surface area contributed by atoms with Crippen molar-refractivity contribution in [3.8, 4) is 0 Å². The van der Waals surface area contributed by atoms with Crippen LogP contribution in [0.1, 0.15) is 50.2 Å². The van der Waals surface area contributed by atoms with E-state index in [0.29, 0.717) is 13.2 Å². The molecule has 0 aromatic heterocycles. The highest BCUT2D eigenvalue weighted by Gasteiger charge is 2.20. The molecule has 1 aliphatic heterocycles. The van der Waals surface area contributed by atoms with Gasteiger partial charge in [-0.2, -0.15) is 0 Å². The van der Waals surface area contributed by atoms with Crippen LogP contribution >= 0.6 is 0 Å². The number of methoxy groups -OCH3 is 1. The van der Waals surface area contributed by atoms with Crippen LogP contribution in [-0.2, 0) is 17.9 Å². The van der Waals surface area contributed by atoms with Crippen molar-refractivity contribution in [1.29, 1.82) is 0 Å².